The summed E-state index contributed by atoms with van der Waals surface area (Å²) in [6.45, 7) is 4.02. The van der Waals surface area contributed by atoms with E-state index >= 15 is 0 Å². The molecule has 1 heterocycles. The van der Waals surface area contributed by atoms with Crippen molar-refractivity contribution in [3.63, 3.8) is 0 Å². The molecule has 0 bridgehead atoms. The number of carbonyl (C=O) groups excluding carboxylic acids is 1. The third-order valence-electron chi connectivity index (χ3n) is 3.43. The highest BCUT2D eigenvalue weighted by Crippen LogP contribution is 2.37. The Morgan fingerprint density at radius 1 is 1.09 bits per heavy atom. The van der Waals surface area contributed by atoms with Crippen LogP contribution in [0.25, 0.3) is 6.08 Å². The minimum Gasteiger partial charge on any atom is -0.261 e. The van der Waals surface area contributed by atoms with Gasteiger partial charge in [0.2, 0.25) is 0 Å². The molecule has 1 fully saturated rings. The van der Waals surface area contributed by atoms with E-state index in [-0.39, 0.29) is 5.24 Å². The van der Waals surface area contributed by atoms with E-state index in [1.54, 1.807) is 4.90 Å². The number of halogens is 1. The zero-order chi connectivity index (χ0) is 16.6. The molecule has 0 spiro atoms. The first kappa shape index (κ1) is 16.2. The molecule has 116 valence electrons. The summed E-state index contributed by atoms with van der Waals surface area (Å²) in [6.07, 6.45) is 1.92. The van der Waals surface area contributed by atoms with Crippen molar-refractivity contribution in [2.45, 2.75) is 13.8 Å². The van der Waals surface area contributed by atoms with Crippen molar-refractivity contribution in [1.82, 2.24) is 0 Å². The lowest BCUT2D eigenvalue weighted by Gasteiger charge is -2.16. The topological polar surface area (TPSA) is 20.3 Å². The third-order valence-corrected chi connectivity index (χ3v) is 5.10. The van der Waals surface area contributed by atoms with Gasteiger partial charge in [0.05, 0.1) is 10.6 Å². The lowest BCUT2D eigenvalue weighted by molar-refractivity contribution is 0.268. The Hall–Kier alpha value is -1.62. The molecule has 1 saturated heterocycles. The Labute approximate surface area is 150 Å². The maximum absolute atomic E-state index is 12.4. The molecule has 3 rings (SSSR count). The first-order chi connectivity index (χ1) is 10.9. The molecule has 23 heavy (non-hydrogen) atoms. The lowest BCUT2D eigenvalue weighted by Crippen LogP contribution is -2.26. The van der Waals surface area contributed by atoms with Gasteiger partial charge >= 0.3 is 0 Å². The van der Waals surface area contributed by atoms with Crippen molar-refractivity contribution in [2.24, 2.45) is 0 Å². The highest BCUT2D eigenvalue weighted by Gasteiger charge is 2.33. The molecule has 0 radical (unpaired) electrons. The summed E-state index contributed by atoms with van der Waals surface area (Å²) in [4.78, 5) is 15.3. The van der Waals surface area contributed by atoms with Gasteiger partial charge in [-0.2, -0.15) is 0 Å². The van der Waals surface area contributed by atoms with Gasteiger partial charge in [-0.1, -0.05) is 42.0 Å². The summed E-state index contributed by atoms with van der Waals surface area (Å²) in [6, 6.07) is 13.5. The molecule has 0 aliphatic carbocycles. The summed E-state index contributed by atoms with van der Waals surface area (Å²) in [7, 11) is 0. The number of hydrogen-bond donors (Lipinski definition) is 0. The number of nitrogens with zero attached hydrogens (tertiary/aromatic N) is 1. The van der Waals surface area contributed by atoms with Gasteiger partial charge in [-0.25, -0.2) is 0 Å². The second-order valence-corrected chi connectivity index (χ2v) is 7.23. The third kappa shape index (κ3) is 3.50. The van der Waals surface area contributed by atoms with E-state index < -0.39 is 0 Å². The normalized spacial score (nSPS) is 16.5. The van der Waals surface area contributed by atoms with Gasteiger partial charge in [0.1, 0.15) is 4.99 Å². The predicted molar refractivity (Wildman–Crippen MR) is 103 cm³/mol. The van der Waals surface area contributed by atoms with Crippen LogP contribution >= 0.6 is 35.6 Å². The van der Waals surface area contributed by atoms with E-state index in [0.29, 0.717) is 10.0 Å². The fourth-order valence-electron chi connectivity index (χ4n) is 2.48. The second kappa shape index (κ2) is 6.48. The minimum absolute atomic E-state index is 0.0692. The van der Waals surface area contributed by atoms with Gasteiger partial charge < -0.3 is 0 Å². The smallest absolute Gasteiger partial charge is 0.261 e. The summed E-state index contributed by atoms with van der Waals surface area (Å²) in [5, 5.41) is 0.613. The number of carbonyl (C=O) groups is 1. The minimum atomic E-state index is -0.0692. The van der Waals surface area contributed by atoms with Gasteiger partial charge in [0, 0.05) is 5.02 Å². The van der Waals surface area contributed by atoms with E-state index in [4.69, 9.17) is 23.8 Å². The van der Waals surface area contributed by atoms with Crippen molar-refractivity contribution in [3.05, 3.63) is 69.1 Å². The molecular weight excluding hydrogens is 346 g/mol. The predicted octanol–water partition coefficient (Wildman–Crippen LogP) is 6.00. The van der Waals surface area contributed by atoms with E-state index in [9.17, 15) is 4.79 Å². The van der Waals surface area contributed by atoms with Gasteiger partial charge in [-0.3, -0.25) is 9.69 Å². The van der Waals surface area contributed by atoms with Crippen molar-refractivity contribution >= 4 is 57.6 Å². The van der Waals surface area contributed by atoms with Crippen LogP contribution in [0.15, 0.2) is 47.4 Å². The van der Waals surface area contributed by atoms with Crippen molar-refractivity contribution in [2.75, 3.05) is 4.90 Å². The molecule has 0 saturated carbocycles. The lowest BCUT2D eigenvalue weighted by atomic mass is 10.1. The van der Waals surface area contributed by atoms with Crippen LogP contribution in [0.1, 0.15) is 16.7 Å². The molecule has 5 heteroatoms. The van der Waals surface area contributed by atoms with Gasteiger partial charge in [0.15, 0.2) is 0 Å². The highest BCUT2D eigenvalue weighted by molar-refractivity contribution is 8.20. The van der Waals surface area contributed by atoms with Gasteiger partial charge in [-0.15, -0.1) is 0 Å². The Morgan fingerprint density at radius 2 is 1.70 bits per heavy atom. The molecule has 0 atom stereocenters. The molecule has 0 aromatic heterocycles. The number of thioether (sulfide) groups is 1. The van der Waals surface area contributed by atoms with Crippen molar-refractivity contribution in [1.29, 1.82) is 0 Å². The standard InChI is InChI=1S/C18H14ClNOS2/c1-11-7-12(2)9-15(8-11)20-17(22)16(23-18(20)21)10-13-3-5-14(19)6-4-13/h3-10H,1-2H3. The molecule has 0 unspecified atom stereocenters. The number of hydrogen-bond acceptors (Lipinski definition) is 3. The van der Waals surface area contributed by atoms with Crippen LogP contribution in [0, 0.1) is 13.8 Å². The molecule has 2 aromatic carbocycles. The molecular formula is C18H14ClNOS2. The van der Waals surface area contributed by atoms with Crippen LogP contribution in [0.2, 0.25) is 5.02 Å². The largest absolute Gasteiger partial charge is 0.296 e. The Morgan fingerprint density at radius 3 is 2.30 bits per heavy atom. The Kier molecular flexibility index (Phi) is 4.57. The van der Waals surface area contributed by atoms with Gasteiger partial charge in [-0.05, 0) is 72.6 Å². The average Bonchev–Trinajstić information content (AvgIpc) is 2.75. The van der Waals surface area contributed by atoms with Crippen LogP contribution in [-0.2, 0) is 0 Å². The summed E-state index contributed by atoms with van der Waals surface area (Å²) in [5.41, 5.74) is 4.00. The quantitative estimate of drug-likeness (QED) is 0.484. The van der Waals surface area contributed by atoms with Crippen molar-refractivity contribution < 1.29 is 4.79 Å². The van der Waals surface area contributed by atoms with Crippen LogP contribution in [-0.4, -0.2) is 10.2 Å². The van der Waals surface area contributed by atoms with Crippen molar-refractivity contribution in [3.8, 4) is 0 Å². The SMILES string of the molecule is Cc1cc(C)cc(N2C(=O)SC(=Cc3ccc(Cl)cc3)C2=S)c1. The van der Waals surface area contributed by atoms with E-state index in [1.165, 1.54) is 0 Å². The van der Waals surface area contributed by atoms with E-state index in [2.05, 4.69) is 6.07 Å². The molecule has 2 aromatic rings. The van der Waals surface area contributed by atoms with Crippen LogP contribution in [0.5, 0.6) is 0 Å². The molecule has 1 aliphatic heterocycles. The Bertz CT molecular complexity index is 807. The fraction of sp³-hybridized carbons (Fsp3) is 0.111. The summed E-state index contributed by atoms with van der Waals surface area (Å²) in [5.74, 6) is 0. The zero-order valence-corrected chi connectivity index (χ0v) is 15.1. The zero-order valence-electron chi connectivity index (χ0n) is 12.7. The molecule has 1 aliphatic rings. The molecule has 0 N–H and O–H groups in total. The van der Waals surface area contributed by atoms with Gasteiger partial charge in [0.25, 0.3) is 5.24 Å². The Balaban J connectivity index is 1.95. The number of rotatable bonds is 2. The molecule has 2 nitrogen and oxygen atoms in total. The fourth-order valence-corrected chi connectivity index (χ4v) is 3.89. The number of thiocarbonyl (C=S) groups is 1. The monoisotopic (exact) mass is 359 g/mol. The number of benzene rings is 2. The van der Waals surface area contributed by atoms with Crippen LogP contribution < -0.4 is 4.90 Å². The average molecular weight is 360 g/mol. The molecule has 1 amide bonds. The number of anilines is 1. The highest BCUT2D eigenvalue weighted by atomic mass is 35.5. The van der Waals surface area contributed by atoms with Crippen LogP contribution in [0.3, 0.4) is 0 Å². The van der Waals surface area contributed by atoms with Crippen LogP contribution in [0.4, 0.5) is 10.5 Å². The maximum Gasteiger partial charge on any atom is 0.296 e. The number of aryl methyl sites for hydroxylation is 2. The summed E-state index contributed by atoms with van der Waals surface area (Å²) >= 11 is 12.6. The maximum atomic E-state index is 12.4. The first-order valence-electron chi connectivity index (χ1n) is 7.06. The second-order valence-electron chi connectivity index (χ2n) is 5.41. The summed E-state index contributed by atoms with van der Waals surface area (Å²) < 4.78 is 0. The van der Waals surface area contributed by atoms with E-state index in [1.807, 2.05) is 56.3 Å². The number of amides is 1. The first-order valence-corrected chi connectivity index (χ1v) is 8.66. The van der Waals surface area contributed by atoms with E-state index in [0.717, 1.165) is 39.0 Å².